The molecule has 2 N–H and O–H groups in total. The van der Waals surface area contributed by atoms with E-state index in [2.05, 4.69) is 10.0 Å². The van der Waals surface area contributed by atoms with Crippen LogP contribution < -0.4 is 10.0 Å². The first kappa shape index (κ1) is 12.0. The van der Waals surface area contributed by atoms with Gasteiger partial charge in [-0.1, -0.05) is 6.07 Å². The van der Waals surface area contributed by atoms with Gasteiger partial charge in [-0.05, 0) is 55.0 Å². The van der Waals surface area contributed by atoms with E-state index in [1.807, 2.05) is 18.2 Å². The maximum Gasteiger partial charge on any atom is 0.232 e. The molecule has 0 unspecified atom stereocenters. The Morgan fingerprint density at radius 3 is 2.89 bits per heavy atom. The molecule has 0 aromatic heterocycles. The molecule has 4 nitrogen and oxygen atoms in total. The van der Waals surface area contributed by atoms with Crippen molar-refractivity contribution in [2.24, 2.45) is 5.92 Å². The van der Waals surface area contributed by atoms with Gasteiger partial charge in [0.1, 0.15) is 0 Å². The van der Waals surface area contributed by atoms with Crippen LogP contribution in [0.5, 0.6) is 0 Å². The fourth-order valence-electron chi connectivity index (χ4n) is 2.36. The number of hydrogen-bond acceptors (Lipinski definition) is 3. The van der Waals surface area contributed by atoms with E-state index in [0.717, 1.165) is 32.4 Å². The summed E-state index contributed by atoms with van der Waals surface area (Å²) >= 11 is 0. The third-order valence-electron chi connectivity index (χ3n) is 3.52. The van der Waals surface area contributed by atoms with Gasteiger partial charge in [0.15, 0.2) is 0 Å². The number of hydrogen-bond donors (Lipinski definition) is 2. The second-order valence-electron chi connectivity index (χ2n) is 5.24. The molecule has 18 heavy (non-hydrogen) atoms. The highest BCUT2D eigenvalue weighted by molar-refractivity contribution is 7.92. The summed E-state index contributed by atoms with van der Waals surface area (Å²) < 4.78 is 26.5. The lowest BCUT2D eigenvalue weighted by atomic mass is 10.0. The molecule has 3 rings (SSSR count). The van der Waals surface area contributed by atoms with Gasteiger partial charge < -0.3 is 5.32 Å². The van der Waals surface area contributed by atoms with Gasteiger partial charge in [0, 0.05) is 12.2 Å². The predicted octanol–water partition coefficient (Wildman–Crippen LogP) is 1.48. The van der Waals surface area contributed by atoms with Crippen molar-refractivity contribution in [2.45, 2.75) is 25.8 Å². The van der Waals surface area contributed by atoms with Gasteiger partial charge in [-0.3, -0.25) is 4.72 Å². The average molecular weight is 266 g/mol. The minimum absolute atomic E-state index is 0.269. The lowest BCUT2D eigenvalue weighted by molar-refractivity contribution is 0.597. The van der Waals surface area contributed by atoms with Crippen molar-refractivity contribution in [3.8, 4) is 0 Å². The van der Waals surface area contributed by atoms with Crippen LogP contribution in [-0.4, -0.2) is 20.7 Å². The highest BCUT2D eigenvalue weighted by Crippen LogP contribution is 2.31. The highest BCUT2D eigenvalue weighted by atomic mass is 32.2. The average Bonchev–Trinajstić information content (AvgIpc) is 3.11. The van der Waals surface area contributed by atoms with Crippen LogP contribution in [0, 0.1) is 5.92 Å². The van der Waals surface area contributed by atoms with Gasteiger partial charge in [-0.2, -0.15) is 0 Å². The molecule has 1 aliphatic heterocycles. The van der Waals surface area contributed by atoms with Crippen LogP contribution >= 0.6 is 0 Å². The summed E-state index contributed by atoms with van der Waals surface area (Å²) in [6.45, 7) is 1.84. The van der Waals surface area contributed by atoms with Crippen LogP contribution in [0.3, 0.4) is 0 Å². The van der Waals surface area contributed by atoms with Gasteiger partial charge in [0.05, 0.1) is 5.75 Å². The number of sulfonamides is 1. The molecule has 1 aromatic carbocycles. The number of anilines is 1. The van der Waals surface area contributed by atoms with E-state index < -0.39 is 10.0 Å². The van der Waals surface area contributed by atoms with Gasteiger partial charge in [0.2, 0.25) is 10.0 Å². The Kier molecular flexibility index (Phi) is 3.03. The summed E-state index contributed by atoms with van der Waals surface area (Å²) in [5.74, 6) is 0.648. The molecule has 0 radical (unpaired) electrons. The van der Waals surface area contributed by atoms with Crippen molar-refractivity contribution in [1.29, 1.82) is 0 Å². The van der Waals surface area contributed by atoms with Gasteiger partial charge >= 0.3 is 0 Å². The lowest BCUT2D eigenvalue weighted by Crippen LogP contribution is -2.24. The number of benzene rings is 1. The van der Waals surface area contributed by atoms with Gasteiger partial charge in [0.25, 0.3) is 0 Å². The third-order valence-corrected chi connectivity index (χ3v) is 4.98. The summed E-state index contributed by atoms with van der Waals surface area (Å²) in [5.41, 5.74) is 3.23. The molecule has 98 valence electrons. The Balaban J connectivity index is 1.75. The van der Waals surface area contributed by atoms with Crippen LogP contribution in [0.2, 0.25) is 0 Å². The Bertz CT molecular complexity index is 550. The van der Waals surface area contributed by atoms with E-state index in [4.69, 9.17) is 0 Å². The maximum atomic E-state index is 11.9. The molecule has 0 amide bonds. The van der Waals surface area contributed by atoms with Crippen LogP contribution in [-0.2, 0) is 23.0 Å². The smallest absolute Gasteiger partial charge is 0.232 e. The molecule has 0 bridgehead atoms. The van der Waals surface area contributed by atoms with Crippen molar-refractivity contribution in [2.75, 3.05) is 17.0 Å². The molecule has 1 fully saturated rings. The minimum atomic E-state index is -3.16. The van der Waals surface area contributed by atoms with Crippen molar-refractivity contribution in [3.63, 3.8) is 0 Å². The summed E-state index contributed by atoms with van der Waals surface area (Å²) in [6.07, 6.45) is 3.07. The first-order chi connectivity index (χ1) is 8.62. The van der Waals surface area contributed by atoms with Crippen LogP contribution in [0.15, 0.2) is 18.2 Å². The van der Waals surface area contributed by atoms with E-state index in [-0.39, 0.29) is 5.75 Å². The van der Waals surface area contributed by atoms with Crippen molar-refractivity contribution >= 4 is 15.7 Å². The summed E-state index contributed by atoms with van der Waals surface area (Å²) in [7, 11) is -3.16. The topological polar surface area (TPSA) is 58.2 Å². The second kappa shape index (κ2) is 4.55. The summed E-state index contributed by atoms with van der Waals surface area (Å²) in [6, 6.07) is 5.84. The predicted molar refractivity (Wildman–Crippen MR) is 72.0 cm³/mol. The van der Waals surface area contributed by atoms with E-state index in [1.54, 1.807) is 0 Å². The highest BCUT2D eigenvalue weighted by Gasteiger charge is 2.28. The molecule has 0 atom stereocenters. The zero-order valence-corrected chi connectivity index (χ0v) is 11.1. The fraction of sp³-hybridized carbons (Fsp3) is 0.538. The molecule has 1 aromatic rings. The molecule has 1 aliphatic carbocycles. The first-order valence-corrected chi connectivity index (χ1v) is 8.11. The van der Waals surface area contributed by atoms with Crippen molar-refractivity contribution in [1.82, 2.24) is 5.32 Å². The van der Waals surface area contributed by atoms with Gasteiger partial charge in [-0.15, -0.1) is 0 Å². The lowest BCUT2D eigenvalue weighted by Gasteiger charge is -2.18. The normalized spacial score (nSPS) is 19.3. The molecular formula is C13H18N2O2S. The molecule has 2 aliphatic rings. The van der Waals surface area contributed by atoms with Crippen LogP contribution in [0.4, 0.5) is 5.69 Å². The monoisotopic (exact) mass is 266 g/mol. The second-order valence-corrected chi connectivity index (χ2v) is 7.00. The SMILES string of the molecule is O=S(=O)(CC1CC1)Nc1ccc2c(c1)CCNC2. The third kappa shape index (κ3) is 2.84. The molecule has 0 saturated heterocycles. The van der Waals surface area contributed by atoms with Crippen molar-refractivity contribution < 1.29 is 8.42 Å². The maximum absolute atomic E-state index is 11.9. The zero-order chi connectivity index (χ0) is 12.6. The molecule has 0 spiro atoms. The number of fused-ring (bicyclic) bond motifs is 1. The Morgan fingerprint density at radius 2 is 2.11 bits per heavy atom. The van der Waals surface area contributed by atoms with E-state index in [1.165, 1.54) is 11.1 Å². The van der Waals surface area contributed by atoms with Crippen LogP contribution in [0.1, 0.15) is 24.0 Å². The largest absolute Gasteiger partial charge is 0.312 e. The molecule has 5 heteroatoms. The molecule has 1 heterocycles. The first-order valence-electron chi connectivity index (χ1n) is 6.45. The zero-order valence-electron chi connectivity index (χ0n) is 10.3. The Hall–Kier alpha value is -1.07. The minimum Gasteiger partial charge on any atom is -0.312 e. The van der Waals surface area contributed by atoms with E-state index in [0.29, 0.717) is 11.6 Å². The summed E-state index contributed by atoms with van der Waals surface area (Å²) in [5, 5.41) is 3.30. The number of nitrogens with one attached hydrogen (secondary N) is 2. The van der Waals surface area contributed by atoms with E-state index >= 15 is 0 Å². The van der Waals surface area contributed by atoms with Gasteiger partial charge in [-0.25, -0.2) is 8.42 Å². The van der Waals surface area contributed by atoms with E-state index in [9.17, 15) is 8.42 Å². The Morgan fingerprint density at radius 1 is 1.28 bits per heavy atom. The Labute approximate surface area is 108 Å². The molecule has 1 saturated carbocycles. The van der Waals surface area contributed by atoms with Crippen LogP contribution in [0.25, 0.3) is 0 Å². The quantitative estimate of drug-likeness (QED) is 0.868. The standard InChI is InChI=1S/C13H18N2O2S/c16-18(17,9-10-1-2-10)15-13-4-3-12-8-14-6-5-11(12)7-13/h3-4,7,10,14-15H,1-2,5-6,8-9H2. The fourth-order valence-corrected chi connectivity index (χ4v) is 3.88. The molecular weight excluding hydrogens is 248 g/mol. The van der Waals surface area contributed by atoms with Crippen molar-refractivity contribution in [3.05, 3.63) is 29.3 Å². The number of rotatable bonds is 4. The summed E-state index contributed by atoms with van der Waals surface area (Å²) in [4.78, 5) is 0.